The minimum absolute atomic E-state index is 0.0581. The quantitative estimate of drug-likeness (QED) is 0.512. The summed E-state index contributed by atoms with van der Waals surface area (Å²) in [4.78, 5) is 6.63. The van der Waals surface area contributed by atoms with Gasteiger partial charge in [0.2, 0.25) is 0 Å². The van der Waals surface area contributed by atoms with Gasteiger partial charge in [0.05, 0.1) is 36.3 Å². The molecule has 138 valence electrons. The molecule has 1 fully saturated rings. The van der Waals surface area contributed by atoms with Crippen molar-refractivity contribution < 1.29 is 9.47 Å². The first-order valence-electron chi connectivity index (χ1n) is 8.78. The summed E-state index contributed by atoms with van der Waals surface area (Å²) in [6.45, 7) is 7.41. The minimum atomic E-state index is 0.0581. The zero-order valence-corrected chi connectivity index (χ0v) is 15.2. The summed E-state index contributed by atoms with van der Waals surface area (Å²) in [5.74, 6) is 1.63. The molecule has 0 atom stereocenters. The molecule has 7 nitrogen and oxygen atoms in total. The summed E-state index contributed by atoms with van der Waals surface area (Å²) in [6.07, 6.45) is 7.20. The van der Waals surface area contributed by atoms with Crippen molar-refractivity contribution in [1.29, 1.82) is 5.41 Å². The molecule has 0 radical (unpaired) electrons. The standard InChI is InChI=1S/C19H25N5O2/c1-13(2)26-14-3-5-15(16(20)6-4-14)19(21)17-11-18(23-12-22-17)24-7-9-25-10-8-24/h3-4,6,11,13,21,23H,7-10,12,20H2,1-2H3. The van der Waals surface area contributed by atoms with E-state index in [1.807, 2.05) is 19.9 Å². The van der Waals surface area contributed by atoms with Crippen molar-refractivity contribution in [3.05, 3.63) is 52.9 Å². The van der Waals surface area contributed by atoms with E-state index in [1.165, 1.54) is 0 Å². The number of rotatable bonds is 5. The number of nitrogens with zero attached hydrogens (tertiary/aromatic N) is 2. The molecule has 26 heavy (non-hydrogen) atoms. The summed E-state index contributed by atoms with van der Waals surface area (Å²) in [6, 6.07) is 0. The predicted molar refractivity (Wildman–Crippen MR) is 102 cm³/mol. The Kier molecular flexibility index (Phi) is 5.61. The number of allylic oxidation sites excluding steroid dienone is 5. The maximum absolute atomic E-state index is 8.57. The van der Waals surface area contributed by atoms with E-state index >= 15 is 0 Å². The SMILES string of the molecule is CC(C)OC1=CC=C(N)C(C(=N)C2=NCNC(N3CCOCC3)=C2)=C=C1. The molecular formula is C19H25N5O2. The van der Waals surface area contributed by atoms with Crippen LogP contribution in [0.4, 0.5) is 0 Å². The van der Waals surface area contributed by atoms with E-state index < -0.39 is 0 Å². The first kappa shape index (κ1) is 18.0. The van der Waals surface area contributed by atoms with Crippen molar-refractivity contribution in [3.8, 4) is 0 Å². The lowest BCUT2D eigenvalue weighted by atomic mass is 10.0. The highest BCUT2D eigenvalue weighted by Crippen LogP contribution is 2.16. The van der Waals surface area contributed by atoms with E-state index in [-0.39, 0.29) is 11.8 Å². The lowest BCUT2D eigenvalue weighted by Crippen LogP contribution is -2.42. The van der Waals surface area contributed by atoms with Gasteiger partial charge >= 0.3 is 0 Å². The molecule has 2 aliphatic heterocycles. The van der Waals surface area contributed by atoms with E-state index in [0.717, 1.165) is 18.9 Å². The molecule has 7 heteroatoms. The van der Waals surface area contributed by atoms with Crippen LogP contribution in [0.25, 0.3) is 0 Å². The smallest absolute Gasteiger partial charge is 0.127 e. The van der Waals surface area contributed by atoms with Crippen LogP contribution in [0.3, 0.4) is 0 Å². The van der Waals surface area contributed by atoms with E-state index in [0.29, 0.717) is 42.6 Å². The molecule has 3 rings (SSSR count). The summed E-state index contributed by atoms with van der Waals surface area (Å²) >= 11 is 0. The second-order valence-electron chi connectivity index (χ2n) is 6.40. The van der Waals surface area contributed by atoms with Crippen molar-refractivity contribution in [2.75, 3.05) is 33.0 Å². The Morgan fingerprint density at radius 1 is 1.38 bits per heavy atom. The lowest BCUT2D eigenvalue weighted by Gasteiger charge is -2.32. The second kappa shape index (κ2) is 8.08. The van der Waals surface area contributed by atoms with E-state index in [2.05, 4.69) is 20.9 Å². The van der Waals surface area contributed by atoms with Gasteiger partial charge in [0.25, 0.3) is 0 Å². The van der Waals surface area contributed by atoms with Gasteiger partial charge in [0, 0.05) is 30.9 Å². The first-order valence-corrected chi connectivity index (χ1v) is 8.78. The summed E-state index contributed by atoms with van der Waals surface area (Å²) in [7, 11) is 0. The van der Waals surface area contributed by atoms with Crippen LogP contribution in [0.2, 0.25) is 0 Å². The van der Waals surface area contributed by atoms with E-state index in [1.54, 1.807) is 18.2 Å². The highest BCUT2D eigenvalue weighted by Gasteiger charge is 2.20. The zero-order chi connectivity index (χ0) is 18.5. The summed E-state index contributed by atoms with van der Waals surface area (Å²) in [5, 5.41) is 11.8. The lowest BCUT2D eigenvalue weighted by molar-refractivity contribution is 0.0504. The third-order valence-electron chi connectivity index (χ3n) is 4.09. The second-order valence-corrected chi connectivity index (χ2v) is 6.40. The molecule has 0 spiro atoms. The monoisotopic (exact) mass is 355 g/mol. The fraction of sp³-hybridized carbons (Fsp3) is 0.421. The van der Waals surface area contributed by atoms with E-state index in [4.69, 9.17) is 20.6 Å². The number of nitrogens with one attached hydrogen (secondary N) is 2. The number of hydrogen-bond donors (Lipinski definition) is 3. The maximum atomic E-state index is 8.57. The van der Waals surface area contributed by atoms with E-state index in [9.17, 15) is 0 Å². The maximum Gasteiger partial charge on any atom is 0.127 e. The number of hydrogen-bond acceptors (Lipinski definition) is 7. The Morgan fingerprint density at radius 3 is 2.88 bits per heavy atom. The number of ether oxygens (including phenoxy) is 2. The third kappa shape index (κ3) is 4.25. The molecule has 0 bridgehead atoms. The van der Waals surface area contributed by atoms with Gasteiger partial charge in [0.1, 0.15) is 18.2 Å². The molecule has 0 aromatic carbocycles. The highest BCUT2D eigenvalue weighted by atomic mass is 16.5. The average molecular weight is 355 g/mol. The van der Waals surface area contributed by atoms with Crippen molar-refractivity contribution in [1.82, 2.24) is 10.2 Å². The van der Waals surface area contributed by atoms with Crippen molar-refractivity contribution in [2.24, 2.45) is 10.7 Å². The molecule has 0 aromatic heterocycles. The van der Waals surface area contributed by atoms with Crippen molar-refractivity contribution in [3.63, 3.8) is 0 Å². The fourth-order valence-electron chi connectivity index (χ4n) is 2.81. The van der Waals surface area contributed by atoms with Gasteiger partial charge in [-0.15, -0.1) is 5.73 Å². The highest BCUT2D eigenvalue weighted by molar-refractivity contribution is 6.51. The largest absolute Gasteiger partial charge is 0.490 e. The van der Waals surface area contributed by atoms with Gasteiger partial charge in [-0.1, -0.05) is 0 Å². The van der Waals surface area contributed by atoms with Gasteiger partial charge in [-0.25, -0.2) is 0 Å². The third-order valence-corrected chi connectivity index (χ3v) is 4.09. The first-order chi connectivity index (χ1) is 12.5. The molecule has 0 unspecified atom stereocenters. The molecule has 3 aliphatic rings. The Hall–Kier alpha value is -2.76. The van der Waals surface area contributed by atoms with Crippen molar-refractivity contribution in [2.45, 2.75) is 20.0 Å². The topological polar surface area (TPSA) is 96.0 Å². The van der Waals surface area contributed by atoms with Crippen LogP contribution >= 0.6 is 0 Å². The Labute approximate surface area is 153 Å². The predicted octanol–water partition coefficient (Wildman–Crippen LogP) is 1.43. The molecule has 0 saturated carbocycles. The van der Waals surface area contributed by atoms with Crippen LogP contribution in [-0.4, -0.2) is 55.4 Å². The van der Waals surface area contributed by atoms with Crippen LogP contribution in [0.1, 0.15) is 13.8 Å². The average Bonchev–Trinajstić information content (AvgIpc) is 2.83. The Balaban J connectivity index is 1.81. The summed E-state index contributed by atoms with van der Waals surface area (Å²) in [5.41, 5.74) is 11.1. The Morgan fingerprint density at radius 2 is 2.15 bits per heavy atom. The Bertz CT molecular complexity index is 761. The number of nitrogens with two attached hydrogens (primary N) is 1. The molecule has 0 aromatic rings. The molecule has 1 saturated heterocycles. The fourth-order valence-corrected chi connectivity index (χ4v) is 2.81. The van der Waals surface area contributed by atoms with Crippen LogP contribution < -0.4 is 11.1 Å². The van der Waals surface area contributed by atoms with Crippen LogP contribution in [0, 0.1) is 5.41 Å². The van der Waals surface area contributed by atoms with Gasteiger partial charge < -0.3 is 25.4 Å². The molecular weight excluding hydrogens is 330 g/mol. The molecule has 2 heterocycles. The molecule has 0 amide bonds. The zero-order valence-electron chi connectivity index (χ0n) is 15.2. The number of aliphatic imine (C=N–C) groups is 1. The van der Waals surface area contributed by atoms with Crippen molar-refractivity contribution >= 4 is 11.4 Å². The van der Waals surface area contributed by atoms with Crippen LogP contribution in [-0.2, 0) is 9.47 Å². The van der Waals surface area contributed by atoms with Crippen LogP contribution in [0.5, 0.6) is 0 Å². The van der Waals surface area contributed by atoms with Gasteiger partial charge in [-0.05, 0) is 26.0 Å². The normalized spacial score (nSPS) is 20.3. The van der Waals surface area contributed by atoms with Gasteiger partial charge in [-0.2, -0.15) is 0 Å². The molecule has 4 N–H and O–H groups in total. The summed E-state index contributed by atoms with van der Waals surface area (Å²) < 4.78 is 11.1. The number of morpholine rings is 1. The minimum Gasteiger partial charge on any atom is -0.490 e. The van der Waals surface area contributed by atoms with Crippen LogP contribution in [0.15, 0.2) is 57.9 Å². The molecule has 1 aliphatic carbocycles. The van der Waals surface area contributed by atoms with Gasteiger partial charge in [0.15, 0.2) is 0 Å². The van der Waals surface area contributed by atoms with Gasteiger partial charge in [-0.3, -0.25) is 10.4 Å².